The number of nitrogens with zero attached hydrogens (tertiary/aromatic N) is 2. The van der Waals surface area contributed by atoms with Crippen LogP contribution in [-0.4, -0.2) is 39.6 Å². The molecular formula is C19H19F2N3O3. The Kier molecular flexibility index (Phi) is 5.63. The second-order valence-corrected chi connectivity index (χ2v) is 6.46. The Morgan fingerprint density at radius 3 is 2.74 bits per heavy atom. The van der Waals surface area contributed by atoms with Gasteiger partial charge in [0.1, 0.15) is 6.04 Å². The molecule has 0 bridgehead atoms. The van der Waals surface area contributed by atoms with Crippen LogP contribution in [0.5, 0.6) is 0 Å². The molecule has 1 fully saturated rings. The van der Waals surface area contributed by atoms with Gasteiger partial charge in [0.05, 0.1) is 12.2 Å². The number of rotatable bonds is 4. The van der Waals surface area contributed by atoms with Crippen molar-refractivity contribution in [1.29, 1.82) is 0 Å². The van der Waals surface area contributed by atoms with Gasteiger partial charge in [0.2, 0.25) is 5.91 Å². The van der Waals surface area contributed by atoms with Gasteiger partial charge in [-0.05, 0) is 36.6 Å². The van der Waals surface area contributed by atoms with Gasteiger partial charge in [0.15, 0.2) is 11.6 Å². The van der Waals surface area contributed by atoms with Crippen molar-refractivity contribution in [3.05, 3.63) is 65.5 Å². The molecule has 1 aliphatic heterocycles. The maximum Gasteiger partial charge on any atom is 0.405 e. The summed E-state index contributed by atoms with van der Waals surface area (Å²) in [5, 5.41) is 11.2. The molecule has 1 aliphatic rings. The summed E-state index contributed by atoms with van der Waals surface area (Å²) in [6.45, 7) is 0.304. The Labute approximate surface area is 154 Å². The number of halogens is 2. The van der Waals surface area contributed by atoms with Crippen molar-refractivity contribution < 1.29 is 23.5 Å². The molecule has 2 heterocycles. The molecule has 8 heteroatoms. The van der Waals surface area contributed by atoms with Gasteiger partial charge in [-0.1, -0.05) is 18.2 Å². The highest BCUT2D eigenvalue weighted by molar-refractivity contribution is 5.85. The number of nitrogens with one attached hydrogen (secondary N) is 1. The molecule has 142 valence electrons. The molecule has 1 aromatic heterocycles. The zero-order valence-electron chi connectivity index (χ0n) is 14.4. The second-order valence-electron chi connectivity index (χ2n) is 6.46. The van der Waals surface area contributed by atoms with Gasteiger partial charge < -0.3 is 15.3 Å². The maximum atomic E-state index is 14.3. The molecule has 0 radical (unpaired) electrons. The molecule has 1 saturated heterocycles. The minimum atomic E-state index is -1.30. The third-order valence-electron chi connectivity index (χ3n) is 4.65. The first kappa shape index (κ1) is 18.8. The van der Waals surface area contributed by atoms with E-state index in [2.05, 4.69) is 10.3 Å². The summed E-state index contributed by atoms with van der Waals surface area (Å²) >= 11 is 0. The Bertz CT molecular complexity index is 832. The molecule has 6 nitrogen and oxygen atoms in total. The molecule has 2 amide bonds. The predicted molar refractivity (Wildman–Crippen MR) is 92.9 cm³/mol. The fraction of sp³-hybridized carbons (Fsp3) is 0.316. The van der Waals surface area contributed by atoms with Gasteiger partial charge in [0.25, 0.3) is 0 Å². The summed E-state index contributed by atoms with van der Waals surface area (Å²) in [7, 11) is 0. The number of hydrogen-bond acceptors (Lipinski definition) is 3. The van der Waals surface area contributed by atoms with E-state index in [9.17, 15) is 18.4 Å². The van der Waals surface area contributed by atoms with Gasteiger partial charge >= 0.3 is 6.09 Å². The number of carbonyl (C=O) groups excluding carboxylic acids is 1. The molecule has 2 aromatic rings. The highest BCUT2D eigenvalue weighted by Gasteiger charge is 2.34. The van der Waals surface area contributed by atoms with Crippen LogP contribution in [-0.2, 0) is 11.3 Å². The number of benzene rings is 1. The van der Waals surface area contributed by atoms with E-state index in [1.165, 1.54) is 17.0 Å². The summed E-state index contributed by atoms with van der Waals surface area (Å²) in [6, 6.07) is 8.30. The molecule has 27 heavy (non-hydrogen) atoms. The predicted octanol–water partition coefficient (Wildman–Crippen LogP) is 2.90. The van der Waals surface area contributed by atoms with Crippen LogP contribution in [0.25, 0.3) is 0 Å². The summed E-state index contributed by atoms with van der Waals surface area (Å²) in [6.07, 6.45) is 0.829. The number of aromatic nitrogens is 1. The molecular weight excluding hydrogens is 356 g/mol. The summed E-state index contributed by atoms with van der Waals surface area (Å²) in [4.78, 5) is 29.5. The van der Waals surface area contributed by atoms with Crippen molar-refractivity contribution in [3.8, 4) is 0 Å². The maximum absolute atomic E-state index is 14.3. The van der Waals surface area contributed by atoms with Crippen molar-refractivity contribution in [2.75, 3.05) is 6.54 Å². The fourth-order valence-corrected chi connectivity index (χ4v) is 3.36. The Morgan fingerprint density at radius 1 is 1.22 bits per heavy atom. The summed E-state index contributed by atoms with van der Waals surface area (Å²) < 4.78 is 27.9. The first-order valence-corrected chi connectivity index (χ1v) is 8.57. The average Bonchev–Trinajstić information content (AvgIpc) is 2.79. The number of amides is 2. The molecule has 3 rings (SSSR count). The molecule has 0 spiro atoms. The zero-order valence-corrected chi connectivity index (χ0v) is 14.4. The average molecular weight is 375 g/mol. The van der Waals surface area contributed by atoms with Crippen molar-refractivity contribution in [2.24, 2.45) is 0 Å². The van der Waals surface area contributed by atoms with E-state index >= 15 is 0 Å². The van der Waals surface area contributed by atoms with Gasteiger partial charge in [-0.3, -0.25) is 9.78 Å². The number of carboxylic acid groups (broad SMARTS) is 1. The number of likely N-dealkylation sites (tertiary alicyclic amines) is 1. The van der Waals surface area contributed by atoms with E-state index in [1.807, 2.05) is 0 Å². The van der Waals surface area contributed by atoms with Crippen LogP contribution in [0.3, 0.4) is 0 Å². The summed E-state index contributed by atoms with van der Waals surface area (Å²) in [5.41, 5.74) is 0.810. The zero-order chi connectivity index (χ0) is 19.4. The number of pyridine rings is 1. The van der Waals surface area contributed by atoms with Crippen LogP contribution < -0.4 is 5.32 Å². The van der Waals surface area contributed by atoms with Gasteiger partial charge in [-0.25, -0.2) is 13.6 Å². The minimum absolute atomic E-state index is 0.146. The van der Waals surface area contributed by atoms with E-state index in [-0.39, 0.29) is 25.1 Å². The topological polar surface area (TPSA) is 82.5 Å². The van der Waals surface area contributed by atoms with Crippen LogP contribution >= 0.6 is 0 Å². The molecule has 0 saturated carbocycles. The van der Waals surface area contributed by atoms with E-state index in [4.69, 9.17) is 5.11 Å². The Balaban J connectivity index is 1.90. The first-order valence-electron chi connectivity index (χ1n) is 8.57. The van der Waals surface area contributed by atoms with Crippen LogP contribution in [0.15, 0.2) is 42.6 Å². The van der Waals surface area contributed by atoms with Crippen LogP contribution in [0.1, 0.15) is 30.0 Å². The van der Waals surface area contributed by atoms with E-state index in [1.54, 1.807) is 24.4 Å². The van der Waals surface area contributed by atoms with Crippen molar-refractivity contribution >= 4 is 12.0 Å². The lowest BCUT2D eigenvalue weighted by atomic mass is 9.93. The minimum Gasteiger partial charge on any atom is -0.465 e. The standard InChI is InChI=1S/C19H19F2N3O3/c20-15-6-3-5-14(17(15)21)12-7-8-16(23-19(26)27)18(25)24(10-12)11-13-4-1-2-9-22-13/h1-6,9,12,16,23H,7-8,10-11H2,(H,26,27)/t12-,16-/m1/s1. The normalized spacial score (nSPS) is 20.2. The van der Waals surface area contributed by atoms with E-state index in [0.29, 0.717) is 12.1 Å². The van der Waals surface area contributed by atoms with Crippen molar-refractivity contribution in [2.45, 2.75) is 31.3 Å². The number of hydrogen-bond donors (Lipinski definition) is 2. The Hall–Kier alpha value is -3.03. The van der Waals surface area contributed by atoms with Crippen LogP contribution in [0.2, 0.25) is 0 Å². The molecule has 2 N–H and O–H groups in total. The lowest BCUT2D eigenvalue weighted by Gasteiger charge is -2.26. The van der Waals surface area contributed by atoms with Gasteiger partial charge in [-0.2, -0.15) is 0 Å². The SMILES string of the molecule is O=C(O)N[C@@H]1CC[C@@H](c2cccc(F)c2F)CN(Cc2ccccn2)C1=O. The highest BCUT2D eigenvalue weighted by atomic mass is 19.2. The third-order valence-corrected chi connectivity index (χ3v) is 4.65. The van der Waals surface area contributed by atoms with Gasteiger partial charge in [0, 0.05) is 18.7 Å². The lowest BCUT2D eigenvalue weighted by Crippen LogP contribution is -2.47. The smallest absolute Gasteiger partial charge is 0.405 e. The molecule has 0 aliphatic carbocycles. The van der Waals surface area contributed by atoms with Crippen LogP contribution in [0.4, 0.5) is 13.6 Å². The fourth-order valence-electron chi connectivity index (χ4n) is 3.36. The molecule has 2 atom stereocenters. The van der Waals surface area contributed by atoms with Crippen LogP contribution in [0, 0.1) is 11.6 Å². The highest BCUT2D eigenvalue weighted by Crippen LogP contribution is 2.30. The van der Waals surface area contributed by atoms with Gasteiger partial charge in [-0.15, -0.1) is 0 Å². The lowest BCUT2D eigenvalue weighted by molar-refractivity contribution is -0.133. The van der Waals surface area contributed by atoms with E-state index < -0.39 is 35.6 Å². The monoisotopic (exact) mass is 375 g/mol. The van der Waals surface area contributed by atoms with E-state index in [0.717, 1.165) is 6.07 Å². The van der Waals surface area contributed by atoms with Crippen molar-refractivity contribution in [3.63, 3.8) is 0 Å². The molecule has 1 aromatic carbocycles. The largest absolute Gasteiger partial charge is 0.465 e. The first-order chi connectivity index (χ1) is 13.0. The summed E-state index contributed by atoms with van der Waals surface area (Å²) in [5.74, 6) is -2.73. The quantitative estimate of drug-likeness (QED) is 0.861. The third kappa shape index (κ3) is 4.39. The van der Waals surface area contributed by atoms with Crippen molar-refractivity contribution in [1.82, 2.24) is 15.2 Å². The Morgan fingerprint density at radius 2 is 2.04 bits per heavy atom. The second kappa shape index (κ2) is 8.11. The number of carbonyl (C=O) groups is 2. The molecule has 0 unspecified atom stereocenters.